The van der Waals surface area contributed by atoms with Crippen molar-refractivity contribution in [1.29, 1.82) is 0 Å². The second-order valence-corrected chi connectivity index (χ2v) is 5.58. The van der Waals surface area contributed by atoms with Gasteiger partial charge in [0.05, 0.1) is 22.9 Å². The topological polar surface area (TPSA) is 41.9 Å². The molecule has 2 aromatic rings. The molecular formula is C13H14Cl2N4S. The summed E-state index contributed by atoms with van der Waals surface area (Å²) in [5.41, 5.74) is 2.74. The van der Waals surface area contributed by atoms with Gasteiger partial charge in [0.15, 0.2) is 5.11 Å². The minimum atomic E-state index is 0.484. The van der Waals surface area contributed by atoms with Crippen molar-refractivity contribution in [2.75, 3.05) is 5.32 Å². The normalized spacial score (nSPS) is 10.4. The molecule has 106 valence electrons. The van der Waals surface area contributed by atoms with Gasteiger partial charge < -0.3 is 10.6 Å². The summed E-state index contributed by atoms with van der Waals surface area (Å²) < 4.78 is 1.82. The van der Waals surface area contributed by atoms with Gasteiger partial charge in [-0.25, -0.2) is 0 Å². The molecule has 2 rings (SSSR count). The van der Waals surface area contributed by atoms with Crippen LogP contribution in [-0.2, 0) is 13.6 Å². The third-order valence-electron chi connectivity index (χ3n) is 2.77. The maximum atomic E-state index is 6.06. The molecule has 20 heavy (non-hydrogen) atoms. The van der Waals surface area contributed by atoms with Gasteiger partial charge in [0, 0.05) is 17.8 Å². The minimum Gasteiger partial charge on any atom is -0.357 e. The van der Waals surface area contributed by atoms with Gasteiger partial charge in [-0.2, -0.15) is 5.10 Å². The van der Waals surface area contributed by atoms with Crippen LogP contribution in [0.4, 0.5) is 5.69 Å². The lowest BCUT2D eigenvalue weighted by Gasteiger charge is -2.11. The second-order valence-electron chi connectivity index (χ2n) is 4.33. The molecule has 0 aliphatic rings. The number of halogens is 2. The van der Waals surface area contributed by atoms with Crippen molar-refractivity contribution in [3.8, 4) is 0 Å². The Kier molecular flexibility index (Phi) is 4.86. The first-order valence-electron chi connectivity index (χ1n) is 5.95. The summed E-state index contributed by atoms with van der Waals surface area (Å²) in [6.45, 7) is 2.55. The van der Waals surface area contributed by atoms with Crippen molar-refractivity contribution < 1.29 is 0 Å². The number of anilines is 1. The Morgan fingerprint density at radius 2 is 2.10 bits per heavy atom. The Bertz CT molecular complexity index is 620. The molecule has 0 unspecified atom stereocenters. The Labute approximate surface area is 133 Å². The lowest BCUT2D eigenvalue weighted by atomic mass is 10.3. The Balaban J connectivity index is 1.92. The number of thiocarbonyl (C=S) groups is 1. The summed E-state index contributed by atoms with van der Waals surface area (Å²) in [5.74, 6) is 0. The van der Waals surface area contributed by atoms with E-state index >= 15 is 0 Å². The number of hydrogen-bond acceptors (Lipinski definition) is 2. The number of aromatic nitrogens is 2. The summed E-state index contributed by atoms with van der Waals surface area (Å²) in [5, 5.41) is 12.0. The van der Waals surface area contributed by atoms with Crippen LogP contribution in [0.5, 0.6) is 0 Å². The maximum absolute atomic E-state index is 6.06. The first-order valence-corrected chi connectivity index (χ1v) is 7.11. The van der Waals surface area contributed by atoms with Crippen molar-refractivity contribution in [3.63, 3.8) is 0 Å². The van der Waals surface area contributed by atoms with Crippen molar-refractivity contribution in [3.05, 3.63) is 45.7 Å². The van der Waals surface area contributed by atoms with Crippen molar-refractivity contribution in [2.24, 2.45) is 7.05 Å². The summed E-state index contributed by atoms with van der Waals surface area (Å²) >= 11 is 17.1. The molecule has 0 saturated heterocycles. The van der Waals surface area contributed by atoms with Gasteiger partial charge in [-0.15, -0.1) is 0 Å². The molecule has 0 radical (unpaired) electrons. The van der Waals surface area contributed by atoms with Crippen LogP contribution in [0.1, 0.15) is 11.4 Å². The molecule has 0 bridgehead atoms. The van der Waals surface area contributed by atoms with Crippen LogP contribution in [0.2, 0.25) is 10.0 Å². The van der Waals surface area contributed by atoms with E-state index in [4.69, 9.17) is 35.4 Å². The largest absolute Gasteiger partial charge is 0.357 e. The highest BCUT2D eigenvalue weighted by molar-refractivity contribution is 7.80. The molecule has 1 heterocycles. The number of nitrogens with zero attached hydrogens (tertiary/aromatic N) is 2. The number of hydrogen-bond donors (Lipinski definition) is 2. The highest BCUT2D eigenvalue weighted by Crippen LogP contribution is 2.25. The van der Waals surface area contributed by atoms with Gasteiger partial charge in [0.2, 0.25) is 0 Å². The quantitative estimate of drug-likeness (QED) is 0.846. The zero-order chi connectivity index (χ0) is 14.7. The van der Waals surface area contributed by atoms with Gasteiger partial charge in [-0.05, 0) is 43.4 Å². The zero-order valence-corrected chi connectivity index (χ0v) is 13.4. The molecule has 1 aromatic carbocycles. The monoisotopic (exact) mass is 328 g/mol. The van der Waals surface area contributed by atoms with Crippen LogP contribution in [-0.4, -0.2) is 14.9 Å². The van der Waals surface area contributed by atoms with Gasteiger partial charge in [-0.3, -0.25) is 4.68 Å². The van der Waals surface area contributed by atoms with Crippen molar-refractivity contribution >= 4 is 46.2 Å². The SMILES string of the molecule is Cc1cc(CNC(=S)Nc2ccc(Cl)cc2Cl)nn1C. The van der Waals surface area contributed by atoms with E-state index in [2.05, 4.69) is 15.7 Å². The molecule has 7 heteroatoms. The van der Waals surface area contributed by atoms with Crippen molar-refractivity contribution in [2.45, 2.75) is 13.5 Å². The van der Waals surface area contributed by atoms with Crippen LogP contribution in [0.25, 0.3) is 0 Å². The molecule has 0 spiro atoms. The molecule has 1 aromatic heterocycles. The lowest BCUT2D eigenvalue weighted by molar-refractivity contribution is 0.712. The first-order chi connectivity index (χ1) is 9.45. The highest BCUT2D eigenvalue weighted by atomic mass is 35.5. The van der Waals surface area contributed by atoms with Crippen LogP contribution in [0, 0.1) is 6.92 Å². The standard InChI is InChI=1S/C13H14Cl2N4S/c1-8-5-10(18-19(8)2)7-16-13(20)17-12-4-3-9(14)6-11(12)15/h3-6H,7H2,1-2H3,(H2,16,17,20). The molecule has 0 atom stereocenters. The second kappa shape index (κ2) is 6.43. The zero-order valence-electron chi connectivity index (χ0n) is 11.1. The summed E-state index contributed by atoms with van der Waals surface area (Å²) in [6, 6.07) is 7.20. The highest BCUT2D eigenvalue weighted by Gasteiger charge is 2.05. The van der Waals surface area contributed by atoms with Crippen molar-refractivity contribution in [1.82, 2.24) is 15.1 Å². The van der Waals surface area contributed by atoms with Gasteiger partial charge >= 0.3 is 0 Å². The fourth-order valence-electron chi connectivity index (χ4n) is 1.65. The van der Waals surface area contributed by atoms with Crippen LogP contribution in [0.15, 0.2) is 24.3 Å². The van der Waals surface area contributed by atoms with Gasteiger partial charge in [0.25, 0.3) is 0 Å². The fraction of sp³-hybridized carbons (Fsp3) is 0.231. The van der Waals surface area contributed by atoms with E-state index in [0.29, 0.717) is 27.4 Å². The molecular weight excluding hydrogens is 315 g/mol. The predicted molar refractivity (Wildman–Crippen MR) is 87.5 cm³/mol. The Morgan fingerprint density at radius 3 is 2.70 bits per heavy atom. The summed E-state index contributed by atoms with van der Waals surface area (Å²) in [7, 11) is 1.91. The van der Waals surface area contributed by atoms with Gasteiger partial charge in [0.1, 0.15) is 0 Å². The van der Waals surface area contributed by atoms with Gasteiger partial charge in [-0.1, -0.05) is 23.2 Å². The van der Waals surface area contributed by atoms with E-state index < -0.39 is 0 Å². The first kappa shape index (κ1) is 15.1. The van der Waals surface area contributed by atoms with Crippen LogP contribution < -0.4 is 10.6 Å². The molecule has 0 fully saturated rings. The average molecular weight is 329 g/mol. The molecule has 0 amide bonds. The van der Waals surface area contributed by atoms with Crippen LogP contribution in [0.3, 0.4) is 0 Å². The summed E-state index contributed by atoms with van der Waals surface area (Å²) in [4.78, 5) is 0. The van der Waals surface area contributed by atoms with Crippen LogP contribution >= 0.6 is 35.4 Å². The van der Waals surface area contributed by atoms with E-state index in [-0.39, 0.29) is 0 Å². The van der Waals surface area contributed by atoms with E-state index in [1.54, 1.807) is 18.2 Å². The third kappa shape index (κ3) is 3.85. The number of aryl methyl sites for hydroxylation is 2. The number of nitrogens with one attached hydrogen (secondary N) is 2. The average Bonchev–Trinajstić information content (AvgIpc) is 2.70. The molecule has 0 aliphatic carbocycles. The smallest absolute Gasteiger partial charge is 0.171 e. The Hall–Kier alpha value is -1.30. The lowest BCUT2D eigenvalue weighted by Crippen LogP contribution is -2.28. The minimum absolute atomic E-state index is 0.484. The molecule has 2 N–H and O–H groups in total. The summed E-state index contributed by atoms with van der Waals surface area (Å²) in [6.07, 6.45) is 0. The van der Waals surface area contributed by atoms with E-state index in [0.717, 1.165) is 11.4 Å². The maximum Gasteiger partial charge on any atom is 0.171 e. The molecule has 0 saturated carbocycles. The number of benzene rings is 1. The van der Waals surface area contributed by atoms with E-state index in [1.165, 1.54) is 0 Å². The third-order valence-corrected chi connectivity index (χ3v) is 3.57. The van der Waals surface area contributed by atoms with E-state index in [1.807, 2.05) is 24.7 Å². The predicted octanol–water partition coefficient (Wildman–Crippen LogP) is 3.52. The Morgan fingerprint density at radius 1 is 1.35 bits per heavy atom. The number of rotatable bonds is 3. The van der Waals surface area contributed by atoms with E-state index in [9.17, 15) is 0 Å². The molecule has 4 nitrogen and oxygen atoms in total. The fourth-order valence-corrected chi connectivity index (χ4v) is 2.29. The molecule has 0 aliphatic heterocycles.